The molecule has 0 radical (unpaired) electrons. The van der Waals surface area contributed by atoms with Crippen LogP contribution in [0.4, 0.5) is 8.78 Å². The molecule has 1 fully saturated rings. The molecule has 2 rings (SSSR count). The predicted molar refractivity (Wildman–Crippen MR) is 76.6 cm³/mol. The highest BCUT2D eigenvalue weighted by Gasteiger charge is 2.37. The molecule has 1 amide bonds. The number of halogens is 2. The van der Waals surface area contributed by atoms with E-state index in [1.54, 1.807) is 11.8 Å². The van der Waals surface area contributed by atoms with Crippen LogP contribution in [0.5, 0.6) is 0 Å². The average Bonchev–Trinajstić information content (AvgIpc) is 2.75. The number of carbonyl (C=O) groups excluding carboxylic acids is 1. The Morgan fingerprint density at radius 2 is 2.05 bits per heavy atom. The van der Waals surface area contributed by atoms with Crippen molar-refractivity contribution in [3.8, 4) is 0 Å². The first-order valence-electron chi connectivity index (χ1n) is 7.14. The Hall–Kier alpha value is -1.53. The molecule has 0 aliphatic carbocycles. The van der Waals surface area contributed by atoms with E-state index in [2.05, 4.69) is 10.2 Å². The highest BCUT2D eigenvalue weighted by Crippen LogP contribution is 2.26. The molecular formula is C15H21F2N3O. The normalized spacial score (nSPS) is 22.4. The SMILES string of the molecule is CCN(C)CCN1C(=O)C(C)NC1c1ccc(F)c(F)c1. The summed E-state index contributed by atoms with van der Waals surface area (Å²) in [5.41, 5.74) is 0.561. The highest BCUT2D eigenvalue weighted by atomic mass is 19.2. The Morgan fingerprint density at radius 3 is 2.67 bits per heavy atom. The molecule has 21 heavy (non-hydrogen) atoms. The van der Waals surface area contributed by atoms with Gasteiger partial charge in [-0.1, -0.05) is 13.0 Å². The van der Waals surface area contributed by atoms with Crippen molar-refractivity contribution in [2.45, 2.75) is 26.1 Å². The second kappa shape index (κ2) is 6.49. The minimum absolute atomic E-state index is 0.0192. The lowest BCUT2D eigenvalue weighted by atomic mass is 10.1. The lowest BCUT2D eigenvalue weighted by molar-refractivity contribution is -0.130. The number of hydrogen-bond acceptors (Lipinski definition) is 3. The van der Waals surface area contributed by atoms with Crippen molar-refractivity contribution in [3.63, 3.8) is 0 Å². The van der Waals surface area contributed by atoms with Crippen LogP contribution in [0.3, 0.4) is 0 Å². The molecule has 0 bridgehead atoms. The Bertz CT molecular complexity index is 524. The van der Waals surface area contributed by atoms with Crippen LogP contribution in [0, 0.1) is 11.6 Å². The van der Waals surface area contributed by atoms with E-state index in [-0.39, 0.29) is 11.9 Å². The zero-order valence-electron chi connectivity index (χ0n) is 12.6. The first-order valence-corrected chi connectivity index (χ1v) is 7.14. The van der Waals surface area contributed by atoms with E-state index in [0.29, 0.717) is 12.1 Å². The van der Waals surface area contributed by atoms with Crippen molar-refractivity contribution in [3.05, 3.63) is 35.4 Å². The van der Waals surface area contributed by atoms with Gasteiger partial charge in [0, 0.05) is 13.1 Å². The van der Waals surface area contributed by atoms with E-state index in [4.69, 9.17) is 0 Å². The van der Waals surface area contributed by atoms with Gasteiger partial charge in [-0.2, -0.15) is 0 Å². The maximum Gasteiger partial charge on any atom is 0.241 e. The molecule has 1 N–H and O–H groups in total. The number of rotatable bonds is 5. The number of amides is 1. The third-order valence-electron chi connectivity index (χ3n) is 3.89. The van der Waals surface area contributed by atoms with Gasteiger partial charge in [0.25, 0.3) is 0 Å². The maximum absolute atomic E-state index is 13.4. The molecule has 6 heteroatoms. The first-order chi connectivity index (χ1) is 9.93. The fourth-order valence-electron chi connectivity index (χ4n) is 2.41. The van der Waals surface area contributed by atoms with Crippen LogP contribution < -0.4 is 5.32 Å². The molecule has 1 saturated heterocycles. The van der Waals surface area contributed by atoms with E-state index >= 15 is 0 Å². The highest BCUT2D eigenvalue weighted by molar-refractivity contribution is 5.84. The van der Waals surface area contributed by atoms with Crippen LogP contribution in [0.1, 0.15) is 25.6 Å². The smallest absolute Gasteiger partial charge is 0.241 e. The summed E-state index contributed by atoms with van der Waals surface area (Å²) >= 11 is 0. The van der Waals surface area contributed by atoms with Crippen LogP contribution in [-0.2, 0) is 4.79 Å². The van der Waals surface area contributed by atoms with E-state index in [1.807, 2.05) is 14.0 Å². The second-order valence-electron chi connectivity index (χ2n) is 5.39. The number of likely N-dealkylation sites (N-methyl/N-ethyl adjacent to an activating group) is 1. The summed E-state index contributed by atoms with van der Waals surface area (Å²) in [7, 11) is 1.98. The zero-order valence-corrected chi connectivity index (χ0v) is 12.6. The molecule has 1 aromatic rings. The maximum atomic E-state index is 13.4. The van der Waals surface area contributed by atoms with Gasteiger partial charge in [0.05, 0.1) is 6.04 Å². The summed E-state index contributed by atoms with van der Waals surface area (Å²) in [4.78, 5) is 16.0. The number of hydrogen-bond donors (Lipinski definition) is 1. The molecule has 1 aliphatic rings. The lowest BCUT2D eigenvalue weighted by Crippen LogP contribution is -2.37. The van der Waals surface area contributed by atoms with E-state index in [0.717, 1.165) is 25.2 Å². The van der Waals surface area contributed by atoms with Crippen molar-refractivity contribution in [1.29, 1.82) is 0 Å². The molecule has 1 aromatic carbocycles. The molecule has 4 nitrogen and oxygen atoms in total. The Labute approximate surface area is 123 Å². The summed E-state index contributed by atoms with van der Waals surface area (Å²) < 4.78 is 26.5. The fourth-order valence-corrected chi connectivity index (χ4v) is 2.41. The summed E-state index contributed by atoms with van der Waals surface area (Å²) in [6.07, 6.45) is -0.409. The summed E-state index contributed by atoms with van der Waals surface area (Å²) in [6, 6.07) is 3.43. The van der Waals surface area contributed by atoms with Crippen LogP contribution in [0.25, 0.3) is 0 Å². The van der Waals surface area contributed by atoms with Gasteiger partial charge in [-0.15, -0.1) is 0 Å². The Balaban J connectivity index is 2.18. The third-order valence-corrected chi connectivity index (χ3v) is 3.89. The monoisotopic (exact) mass is 297 g/mol. The van der Waals surface area contributed by atoms with Gasteiger partial charge in [0.1, 0.15) is 6.17 Å². The standard InChI is InChI=1S/C15H21F2N3O/c1-4-19(3)7-8-20-14(18-10(2)15(20)21)11-5-6-12(16)13(17)9-11/h5-6,9-10,14,18H,4,7-8H2,1-3H3. The van der Waals surface area contributed by atoms with Crippen molar-refractivity contribution in [2.24, 2.45) is 0 Å². The van der Waals surface area contributed by atoms with Gasteiger partial charge in [-0.25, -0.2) is 8.78 Å². The predicted octanol–water partition coefficient (Wildman–Crippen LogP) is 1.74. The molecule has 0 spiro atoms. The number of carbonyl (C=O) groups is 1. The first kappa shape index (κ1) is 15.9. The van der Waals surface area contributed by atoms with E-state index in [1.165, 1.54) is 6.07 Å². The fraction of sp³-hybridized carbons (Fsp3) is 0.533. The van der Waals surface area contributed by atoms with Gasteiger partial charge < -0.3 is 9.80 Å². The van der Waals surface area contributed by atoms with Crippen LogP contribution >= 0.6 is 0 Å². The topological polar surface area (TPSA) is 35.6 Å². The molecular weight excluding hydrogens is 276 g/mol. The van der Waals surface area contributed by atoms with E-state index in [9.17, 15) is 13.6 Å². The van der Waals surface area contributed by atoms with Crippen LogP contribution in [0.2, 0.25) is 0 Å². The minimum Gasteiger partial charge on any atom is -0.320 e. The van der Waals surface area contributed by atoms with Gasteiger partial charge in [0.2, 0.25) is 5.91 Å². The number of nitrogens with zero attached hydrogens (tertiary/aromatic N) is 2. The number of nitrogens with one attached hydrogen (secondary N) is 1. The van der Waals surface area contributed by atoms with E-state index < -0.39 is 17.8 Å². The molecule has 2 unspecified atom stereocenters. The minimum atomic E-state index is -0.896. The van der Waals surface area contributed by atoms with Crippen molar-refractivity contribution in [1.82, 2.24) is 15.1 Å². The average molecular weight is 297 g/mol. The summed E-state index contributed by atoms with van der Waals surface area (Å²) in [6.45, 7) is 5.99. The van der Waals surface area contributed by atoms with Crippen LogP contribution in [0.15, 0.2) is 18.2 Å². The molecule has 0 aromatic heterocycles. The molecule has 116 valence electrons. The quantitative estimate of drug-likeness (QED) is 0.899. The lowest BCUT2D eigenvalue weighted by Gasteiger charge is -2.26. The Kier molecular flexibility index (Phi) is 4.90. The van der Waals surface area contributed by atoms with Crippen LogP contribution in [-0.4, -0.2) is 48.4 Å². The van der Waals surface area contributed by atoms with Gasteiger partial charge in [-0.3, -0.25) is 10.1 Å². The summed E-state index contributed by atoms with van der Waals surface area (Å²) in [5.74, 6) is -1.80. The molecule has 2 atom stereocenters. The largest absolute Gasteiger partial charge is 0.320 e. The third kappa shape index (κ3) is 3.39. The van der Waals surface area contributed by atoms with Gasteiger partial charge in [0.15, 0.2) is 11.6 Å². The number of benzene rings is 1. The van der Waals surface area contributed by atoms with Gasteiger partial charge in [-0.05, 0) is 38.2 Å². The Morgan fingerprint density at radius 1 is 1.33 bits per heavy atom. The van der Waals surface area contributed by atoms with Crippen molar-refractivity contribution < 1.29 is 13.6 Å². The molecule has 0 saturated carbocycles. The van der Waals surface area contributed by atoms with Gasteiger partial charge >= 0.3 is 0 Å². The molecule has 1 heterocycles. The zero-order chi connectivity index (χ0) is 15.6. The second-order valence-corrected chi connectivity index (χ2v) is 5.39. The summed E-state index contributed by atoms with van der Waals surface area (Å²) in [5, 5.41) is 3.13. The van der Waals surface area contributed by atoms with Crippen molar-refractivity contribution >= 4 is 5.91 Å². The molecule has 1 aliphatic heterocycles. The van der Waals surface area contributed by atoms with Crippen molar-refractivity contribution in [2.75, 3.05) is 26.7 Å².